The van der Waals surface area contributed by atoms with Gasteiger partial charge in [0.05, 0.1) is 11.8 Å². The molecule has 0 radical (unpaired) electrons. The van der Waals surface area contributed by atoms with Gasteiger partial charge in [0.25, 0.3) is 0 Å². The maximum Gasteiger partial charge on any atom is 0.219 e. The highest BCUT2D eigenvalue weighted by molar-refractivity contribution is 5.96. The molecule has 0 spiro atoms. The Kier molecular flexibility index (Phi) is 3.79. The monoisotopic (exact) mass is 260 g/mol. The second-order valence-corrected chi connectivity index (χ2v) is 4.74. The average molecular weight is 260 g/mol. The normalized spacial score (nSPS) is 11.0. The molecular weight excluding hydrogens is 243 g/mol. The summed E-state index contributed by atoms with van der Waals surface area (Å²) in [5, 5.41) is 4.04. The van der Waals surface area contributed by atoms with Crippen LogP contribution in [0.3, 0.4) is 0 Å². The van der Waals surface area contributed by atoms with Crippen LogP contribution in [0.25, 0.3) is 11.1 Å². The van der Waals surface area contributed by atoms with Gasteiger partial charge in [0.1, 0.15) is 0 Å². The number of Topliss-reactive ketones (excluding diaryl/α,β-unsaturated/α-hetero) is 1. The zero-order valence-corrected chi connectivity index (χ0v) is 11.4. The summed E-state index contributed by atoms with van der Waals surface area (Å²) < 4.78 is 15.5. The summed E-state index contributed by atoms with van der Waals surface area (Å²) in [6.45, 7) is 5.58. The van der Waals surface area contributed by atoms with Crippen molar-refractivity contribution in [2.75, 3.05) is 0 Å². The number of halogens is 1. The third kappa shape index (κ3) is 2.57. The predicted molar refractivity (Wildman–Crippen MR) is 72.6 cm³/mol. The van der Waals surface area contributed by atoms with Crippen LogP contribution in [0.5, 0.6) is 0 Å². The predicted octanol–water partition coefficient (Wildman–Crippen LogP) is 3.86. The molecule has 0 unspecified atom stereocenters. The van der Waals surface area contributed by atoms with E-state index >= 15 is 0 Å². The Hall–Kier alpha value is -1.97. The summed E-state index contributed by atoms with van der Waals surface area (Å²) in [6, 6.07) is 6.96. The van der Waals surface area contributed by atoms with E-state index in [0.29, 0.717) is 17.5 Å². The average Bonchev–Trinajstić information content (AvgIpc) is 2.80. The van der Waals surface area contributed by atoms with Crippen molar-refractivity contribution in [3.63, 3.8) is 0 Å². The first kappa shape index (κ1) is 13.5. The van der Waals surface area contributed by atoms with Crippen molar-refractivity contribution in [1.82, 2.24) is 9.78 Å². The number of carbonyl (C=O) groups excluding carboxylic acids is 1. The number of ketones is 1. The van der Waals surface area contributed by atoms with Crippen LogP contribution in [0.4, 0.5) is 4.39 Å². The highest BCUT2D eigenvalue weighted by Gasteiger charge is 2.14. The Morgan fingerprint density at radius 1 is 1.32 bits per heavy atom. The van der Waals surface area contributed by atoms with Gasteiger partial charge in [0, 0.05) is 18.0 Å². The highest BCUT2D eigenvalue weighted by atomic mass is 19.1. The fourth-order valence-electron chi connectivity index (χ4n) is 1.94. The van der Waals surface area contributed by atoms with Crippen molar-refractivity contribution in [3.8, 4) is 11.1 Å². The molecule has 0 saturated carbocycles. The first-order valence-electron chi connectivity index (χ1n) is 6.41. The lowest BCUT2D eigenvalue weighted by atomic mass is 10.0. The first-order valence-corrected chi connectivity index (χ1v) is 6.41. The minimum atomic E-state index is -0.343. The molecule has 0 N–H and O–H groups in total. The summed E-state index contributed by atoms with van der Waals surface area (Å²) in [5.74, 6) is -0.255. The first-order chi connectivity index (χ1) is 9.04. The Balaban J connectivity index is 2.35. The molecule has 0 saturated heterocycles. The fourth-order valence-corrected chi connectivity index (χ4v) is 1.94. The van der Waals surface area contributed by atoms with Gasteiger partial charge in [0.15, 0.2) is 5.78 Å². The Morgan fingerprint density at radius 2 is 1.95 bits per heavy atom. The molecule has 0 bridgehead atoms. The van der Waals surface area contributed by atoms with E-state index in [2.05, 4.69) is 5.10 Å². The van der Waals surface area contributed by atoms with Crippen LogP contribution in [-0.4, -0.2) is 15.6 Å². The van der Waals surface area contributed by atoms with Crippen molar-refractivity contribution in [2.45, 2.75) is 33.2 Å². The smallest absolute Gasteiger partial charge is 0.219 e. The molecule has 0 aliphatic rings. The summed E-state index contributed by atoms with van der Waals surface area (Å²) in [7, 11) is 0. The van der Waals surface area contributed by atoms with Crippen molar-refractivity contribution in [2.24, 2.45) is 0 Å². The van der Waals surface area contributed by atoms with E-state index in [9.17, 15) is 9.18 Å². The molecule has 1 aromatic carbocycles. The molecule has 0 aliphatic carbocycles. The summed E-state index contributed by atoms with van der Waals surface area (Å²) in [5.41, 5.74) is 1.85. The van der Waals surface area contributed by atoms with Gasteiger partial charge >= 0.3 is 0 Å². The highest BCUT2D eigenvalue weighted by Crippen LogP contribution is 2.24. The molecule has 0 atom stereocenters. The molecule has 3 nitrogen and oxygen atoms in total. The molecule has 2 aromatic rings. The third-order valence-electron chi connectivity index (χ3n) is 3.06. The van der Waals surface area contributed by atoms with Crippen LogP contribution >= 0.6 is 0 Å². The van der Waals surface area contributed by atoms with E-state index < -0.39 is 0 Å². The largest absolute Gasteiger partial charge is 0.294 e. The molecule has 0 amide bonds. The van der Waals surface area contributed by atoms with Crippen LogP contribution < -0.4 is 0 Å². The van der Waals surface area contributed by atoms with Gasteiger partial charge in [-0.25, -0.2) is 4.68 Å². The lowest BCUT2D eigenvalue weighted by molar-refractivity contribution is 0.0988. The maximum atomic E-state index is 14.1. The van der Waals surface area contributed by atoms with Gasteiger partial charge in [-0.05, 0) is 19.4 Å². The Morgan fingerprint density at radius 3 is 2.42 bits per heavy atom. The van der Waals surface area contributed by atoms with Gasteiger partial charge < -0.3 is 0 Å². The van der Waals surface area contributed by atoms with Crippen molar-refractivity contribution < 1.29 is 9.18 Å². The van der Waals surface area contributed by atoms with Crippen molar-refractivity contribution in [3.05, 3.63) is 42.0 Å². The molecule has 0 aliphatic heterocycles. The minimum absolute atomic E-state index is 0.0188. The van der Waals surface area contributed by atoms with E-state index in [1.54, 1.807) is 24.3 Å². The number of aromatic nitrogens is 2. The molecule has 1 aromatic heterocycles. The number of hydrogen-bond acceptors (Lipinski definition) is 2. The summed E-state index contributed by atoms with van der Waals surface area (Å²) in [4.78, 5) is 11.5. The van der Waals surface area contributed by atoms with Crippen molar-refractivity contribution in [1.29, 1.82) is 0 Å². The number of carbonyl (C=O) groups is 1. The van der Waals surface area contributed by atoms with Gasteiger partial charge in [-0.15, -0.1) is 0 Å². The minimum Gasteiger partial charge on any atom is -0.294 e. The number of hydrogen-bond donors (Lipinski definition) is 0. The van der Waals surface area contributed by atoms with E-state index in [-0.39, 0.29) is 17.8 Å². The van der Waals surface area contributed by atoms with Gasteiger partial charge in [0.2, 0.25) is 5.95 Å². The molecule has 19 heavy (non-hydrogen) atoms. The molecule has 100 valence electrons. The Bertz CT molecular complexity index is 585. The SMILES string of the molecule is CCC(=O)c1ccc(-c2cnn(C(C)C)c2F)cc1. The Labute approximate surface area is 112 Å². The van der Waals surface area contributed by atoms with E-state index in [4.69, 9.17) is 0 Å². The van der Waals surface area contributed by atoms with Crippen LogP contribution in [0.15, 0.2) is 30.5 Å². The van der Waals surface area contributed by atoms with Crippen LogP contribution in [-0.2, 0) is 0 Å². The summed E-state index contributed by atoms with van der Waals surface area (Å²) >= 11 is 0. The number of nitrogens with zero attached hydrogens (tertiary/aromatic N) is 2. The van der Waals surface area contributed by atoms with Gasteiger partial charge in [-0.2, -0.15) is 9.49 Å². The second kappa shape index (κ2) is 5.34. The van der Waals surface area contributed by atoms with E-state index in [0.717, 1.165) is 5.56 Å². The lowest BCUT2D eigenvalue weighted by Gasteiger charge is -2.06. The standard InChI is InChI=1S/C15H17FN2O/c1-4-14(19)12-7-5-11(6-8-12)13-9-17-18(10(2)3)15(13)16/h5-10H,4H2,1-3H3. The lowest BCUT2D eigenvalue weighted by Crippen LogP contribution is -2.05. The number of benzene rings is 1. The molecule has 4 heteroatoms. The molecule has 0 fully saturated rings. The second-order valence-electron chi connectivity index (χ2n) is 4.74. The summed E-state index contributed by atoms with van der Waals surface area (Å²) in [6.07, 6.45) is 1.99. The van der Waals surface area contributed by atoms with Crippen LogP contribution in [0, 0.1) is 5.95 Å². The van der Waals surface area contributed by atoms with Gasteiger partial charge in [-0.1, -0.05) is 31.2 Å². The molecule has 2 rings (SSSR count). The van der Waals surface area contributed by atoms with E-state index in [1.165, 1.54) is 10.9 Å². The maximum absolute atomic E-state index is 14.1. The zero-order chi connectivity index (χ0) is 14.0. The molecule has 1 heterocycles. The van der Waals surface area contributed by atoms with E-state index in [1.807, 2.05) is 20.8 Å². The quantitative estimate of drug-likeness (QED) is 0.782. The van der Waals surface area contributed by atoms with Crippen molar-refractivity contribution >= 4 is 5.78 Å². The van der Waals surface area contributed by atoms with Gasteiger partial charge in [-0.3, -0.25) is 4.79 Å². The van der Waals surface area contributed by atoms with Crippen LogP contribution in [0.2, 0.25) is 0 Å². The zero-order valence-electron chi connectivity index (χ0n) is 11.4. The fraction of sp³-hybridized carbons (Fsp3) is 0.333. The third-order valence-corrected chi connectivity index (χ3v) is 3.06. The number of rotatable bonds is 4. The van der Waals surface area contributed by atoms with Crippen LogP contribution in [0.1, 0.15) is 43.6 Å². The molecular formula is C15H17FN2O. The topological polar surface area (TPSA) is 34.9 Å².